The van der Waals surface area contributed by atoms with Gasteiger partial charge in [0.15, 0.2) is 0 Å². The predicted molar refractivity (Wildman–Crippen MR) is 87.1 cm³/mol. The largest absolute Gasteiger partial charge is 0.391 e. The summed E-state index contributed by atoms with van der Waals surface area (Å²) in [5.74, 6) is 0.665. The molecule has 0 saturated carbocycles. The number of aliphatic hydroxyl groups is 1. The maximum atomic E-state index is 10.1. The summed E-state index contributed by atoms with van der Waals surface area (Å²) in [5, 5.41) is 19.0. The highest BCUT2D eigenvalue weighted by Gasteiger charge is 2.17. The van der Waals surface area contributed by atoms with Crippen LogP contribution in [0.2, 0.25) is 0 Å². The quantitative estimate of drug-likeness (QED) is 0.641. The molecule has 1 aromatic carbocycles. The number of hydrogen-bond acceptors (Lipinski definition) is 4. The summed E-state index contributed by atoms with van der Waals surface area (Å²) in [7, 11) is 0. The van der Waals surface area contributed by atoms with E-state index in [-0.39, 0.29) is 5.41 Å². The fraction of sp³-hybridized carbons (Fsp3) is 0.467. The molecule has 0 radical (unpaired) electrons. The first-order valence-electron chi connectivity index (χ1n) is 7.01. The van der Waals surface area contributed by atoms with E-state index in [1.54, 1.807) is 0 Å². The third kappa shape index (κ3) is 4.41. The van der Waals surface area contributed by atoms with Crippen LogP contribution in [0.5, 0.6) is 0 Å². The number of H-pyrrole nitrogens is 2. The summed E-state index contributed by atoms with van der Waals surface area (Å²) in [6.07, 6.45) is -0.107. The van der Waals surface area contributed by atoms with Gasteiger partial charge in [-0.05, 0) is 29.3 Å². The van der Waals surface area contributed by atoms with Gasteiger partial charge in [-0.3, -0.25) is 10.2 Å². The fourth-order valence-corrected chi connectivity index (χ4v) is 2.38. The van der Waals surface area contributed by atoms with Crippen molar-refractivity contribution in [1.82, 2.24) is 15.2 Å². The SMILES string of the molecule is CC(C)(C)c1ccccc1NCC(O)Cc1nc(=S)[nH][nH]1. The zero-order valence-electron chi connectivity index (χ0n) is 12.6. The first-order chi connectivity index (χ1) is 9.86. The summed E-state index contributed by atoms with van der Waals surface area (Å²) in [6.45, 7) is 6.98. The minimum Gasteiger partial charge on any atom is -0.391 e. The third-order valence-electron chi connectivity index (χ3n) is 3.24. The Labute approximate surface area is 129 Å². The first kappa shape index (κ1) is 15.7. The van der Waals surface area contributed by atoms with Gasteiger partial charge in [-0.2, -0.15) is 0 Å². The maximum Gasteiger partial charge on any atom is 0.213 e. The second kappa shape index (κ2) is 6.41. The molecular weight excluding hydrogens is 284 g/mol. The van der Waals surface area contributed by atoms with Gasteiger partial charge in [0, 0.05) is 18.7 Å². The topological polar surface area (TPSA) is 76.7 Å². The van der Waals surface area contributed by atoms with Crippen LogP contribution < -0.4 is 5.32 Å². The van der Waals surface area contributed by atoms with Gasteiger partial charge in [-0.25, -0.2) is 4.98 Å². The van der Waals surface area contributed by atoms with Crippen LogP contribution in [0.1, 0.15) is 32.2 Å². The van der Waals surface area contributed by atoms with Crippen LogP contribution in [0.4, 0.5) is 5.69 Å². The first-order valence-corrected chi connectivity index (χ1v) is 7.42. The number of aliphatic hydroxyl groups excluding tert-OH is 1. The van der Waals surface area contributed by atoms with Crippen LogP contribution in [0, 0.1) is 4.77 Å². The van der Waals surface area contributed by atoms with E-state index in [1.807, 2.05) is 18.2 Å². The normalized spacial score (nSPS) is 13.1. The molecule has 0 bridgehead atoms. The van der Waals surface area contributed by atoms with Crippen molar-refractivity contribution < 1.29 is 5.11 Å². The highest BCUT2D eigenvalue weighted by Crippen LogP contribution is 2.29. The van der Waals surface area contributed by atoms with Crippen LogP contribution in [-0.4, -0.2) is 32.9 Å². The Hall–Kier alpha value is -1.66. The summed E-state index contributed by atoms with van der Waals surface area (Å²) < 4.78 is 0.406. The van der Waals surface area contributed by atoms with Crippen molar-refractivity contribution in [2.75, 3.05) is 11.9 Å². The maximum absolute atomic E-state index is 10.1. The molecule has 0 aliphatic heterocycles. The number of rotatable bonds is 5. The van der Waals surface area contributed by atoms with Gasteiger partial charge >= 0.3 is 0 Å². The lowest BCUT2D eigenvalue weighted by atomic mass is 9.86. The molecule has 1 atom stereocenters. The molecule has 0 fully saturated rings. The van der Waals surface area contributed by atoms with Crippen molar-refractivity contribution in [3.8, 4) is 0 Å². The summed E-state index contributed by atoms with van der Waals surface area (Å²) in [6, 6.07) is 8.18. The van der Waals surface area contributed by atoms with Crippen LogP contribution >= 0.6 is 12.2 Å². The molecule has 114 valence electrons. The van der Waals surface area contributed by atoms with Crippen LogP contribution in [0.15, 0.2) is 24.3 Å². The molecule has 4 N–H and O–H groups in total. The molecule has 0 aliphatic carbocycles. The van der Waals surface area contributed by atoms with E-state index >= 15 is 0 Å². The molecule has 0 amide bonds. The molecular formula is C15H22N4OS. The Morgan fingerprint density at radius 2 is 2.00 bits per heavy atom. The molecule has 1 aromatic heterocycles. The molecule has 1 heterocycles. The van der Waals surface area contributed by atoms with Crippen molar-refractivity contribution in [2.45, 2.75) is 38.7 Å². The average molecular weight is 306 g/mol. The third-order valence-corrected chi connectivity index (χ3v) is 3.44. The molecule has 0 spiro atoms. The minimum atomic E-state index is -0.535. The highest BCUT2D eigenvalue weighted by atomic mass is 32.1. The fourth-order valence-electron chi connectivity index (χ4n) is 2.22. The number of benzene rings is 1. The number of nitrogens with zero attached hydrogens (tertiary/aromatic N) is 1. The number of aromatic nitrogens is 3. The Bertz CT molecular complexity index is 641. The molecule has 0 aliphatic rings. The van der Waals surface area contributed by atoms with Gasteiger partial charge in [0.1, 0.15) is 5.82 Å². The van der Waals surface area contributed by atoms with Crippen LogP contribution in [0.3, 0.4) is 0 Å². The highest BCUT2D eigenvalue weighted by molar-refractivity contribution is 7.71. The van der Waals surface area contributed by atoms with E-state index in [0.717, 1.165) is 5.69 Å². The summed E-state index contributed by atoms with van der Waals surface area (Å²) >= 11 is 4.89. The van der Waals surface area contributed by atoms with E-state index in [0.29, 0.717) is 23.6 Å². The second-order valence-electron chi connectivity index (χ2n) is 6.15. The molecule has 0 saturated heterocycles. The van der Waals surface area contributed by atoms with E-state index in [4.69, 9.17) is 12.2 Å². The Balaban J connectivity index is 1.98. The van der Waals surface area contributed by atoms with Crippen molar-refractivity contribution in [2.24, 2.45) is 0 Å². The van der Waals surface area contributed by atoms with E-state index in [9.17, 15) is 5.11 Å². The second-order valence-corrected chi connectivity index (χ2v) is 6.53. The molecule has 2 rings (SSSR count). The molecule has 2 aromatic rings. The van der Waals surface area contributed by atoms with Crippen LogP contribution in [-0.2, 0) is 11.8 Å². The van der Waals surface area contributed by atoms with Crippen molar-refractivity contribution in [1.29, 1.82) is 0 Å². The summed E-state index contributed by atoms with van der Waals surface area (Å²) in [5.41, 5.74) is 2.34. The smallest absolute Gasteiger partial charge is 0.213 e. The van der Waals surface area contributed by atoms with Gasteiger partial charge < -0.3 is 10.4 Å². The Morgan fingerprint density at radius 3 is 2.62 bits per heavy atom. The monoisotopic (exact) mass is 306 g/mol. The molecule has 21 heavy (non-hydrogen) atoms. The molecule has 1 unspecified atom stereocenters. The molecule has 5 nitrogen and oxygen atoms in total. The standard InChI is InChI=1S/C15H22N4OS/c1-15(2,3)11-6-4-5-7-12(11)16-9-10(20)8-13-17-14(21)19-18-13/h4-7,10,16,20H,8-9H2,1-3H3,(H2,17,18,19,21). The number of nitrogens with one attached hydrogen (secondary N) is 3. The van der Waals surface area contributed by atoms with E-state index < -0.39 is 6.10 Å². The number of hydrogen-bond donors (Lipinski definition) is 4. The van der Waals surface area contributed by atoms with Crippen LogP contribution in [0.25, 0.3) is 0 Å². The molecule has 6 heteroatoms. The van der Waals surface area contributed by atoms with Crippen molar-refractivity contribution >= 4 is 17.9 Å². The predicted octanol–water partition coefficient (Wildman–Crippen LogP) is 2.78. The Kier molecular flexibility index (Phi) is 4.80. The minimum absolute atomic E-state index is 0.0573. The Morgan fingerprint density at radius 1 is 1.29 bits per heavy atom. The number of anilines is 1. The zero-order chi connectivity index (χ0) is 15.5. The summed E-state index contributed by atoms with van der Waals surface area (Å²) in [4.78, 5) is 4.08. The number of aromatic amines is 2. The van der Waals surface area contributed by atoms with E-state index in [2.05, 4.69) is 47.3 Å². The number of para-hydroxylation sites is 1. The lowest BCUT2D eigenvalue weighted by Gasteiger charge is -2.24. The van der Waals surface area contributed by atoms with E-state index in [1.165, 1.54) is 5.56 Å². The van der Waals surface area contributed by atoms with Crippen molar-refractivity contribution in [3.63, 3.8) is 0 Å². The zero-order valence-corrected chi connectivity index (χ0v) is 13.4. The van der Waals surface area contributed by atoms with Gasteiger partial charge in [0.05, 0.1) is 6.10 Å². The van der Waals surface area contributed by atoms with Gasteiger partial charge in [-0.1, -0.05) is 39.0 Å². The lowest BCUT2D eigenvalue weighted by Crippen LogP contribution is -2.24. The van der Waals surface area contributed by atoms with Crippen molar-refractivity contribution in [3.05, 3.63) is 40.4 Å². The van der Waals surface area contributed by atoms with Gasteiger partial charge in [0.25, 0.3) is 0 Å². The van der Waals surface area contributed by atoms with Gasteiger partial charge in [0.2, 0.25) is 4.77 Å². The van der Waals surface area contributed by atoms with Gasteiger partial charge in [-0.15, -0.1) is 0 Å². The lowest BCUT2D eigenvalue weighted by molar-refractivity contribution is 0.185. The average Bonchev–Trinajstić information content (AvgIpc) is 2.81.